The van der Waals surface area contributed by atoms with E-state index in [0.29, 0.717) is 11.3 Å². The Kier molecular flexibility index (Phi) is 3.22. The molecule has 130 valence electrons. The molecule has 2 fully saturated rings. The Bertz CT molecular complexity index is 795. The number of benzene rings is 1. The standard InChI is InChI=1S/C19H19NO5/c1-4-24-17(23)11-6-5-7-12(10-11)20-15(21)13-14(16(20)22)19(3)9-8-18(13,2)25-19/h5-10,13-14H,4H2,1-3H3/t13-,14+,18-,19-/m1/s1. The minimum Gasteiger partial charge on any atom is -0.462 e. The second-order valence-electron chi connectivity index (χ2n) is 7.04. The number of ether oxygens (including phenoxy) is 2. The summed E-state index contributed by atoms with van der Waals surface area (Å²) in [7, 11) is 0. The van der Waals surface area contributed by atoms with Crippen molar-refractivity contribution in [2.75, 3.05) is 11.5 Å². The van der Waals surface area contributed by atoms with E-state index >= 15 is 0 Å². The number of hydrogen-bond acceptors (Lipinski definition) is 5. The topological polar surface area (TPSA) is 72.9 Å². The lowest BCUT2D eigenvalue weighted by atomic mass is 9.73. The number of carbonyl (C=O) groups is 3. The predicted molar refractivity (Wildman–Crippen MR) is 88.9 cm³/mol. The SMILES string of the molecule is CCOC(=O)c1cccc(N2C(=O)[C@@H]3[C@H](C2=O)[C@@]2(C)C=C[C@@]3(C)O2)c1. The second kappa shape index (κ2) is 5.02. The molecule has 3 heterocycles. The van der Waals surface area contributed by atoms with Crippen LogP contribution in [0.5, 0.6) is 0 Å². The quantitative estimate of drug-likeness (QED) is 0.478. The Hall–Kier alpha value is -2.47. The molecule has 2 saturated heterocycles. The van der Waals surface area contributed by atoms with Crippen LogP contribution in [-0.2, 0) is 19.1 Å². The first kappa shape index (κ1) is 16.0. The van der Waals surface area contributed by atoms with E-state index in [1.165, 1.54) is 11.0 Å². The van der Waals surface area contributed by atoms with Crippen molar-refractivity contribution in [2.24, 2.45) is 11.8 Å². The number of rotatable bonds is 3. The van der Waals surface area contributed by atoms with Gasteiger partial charge in [0.1, 0.15) is 0 Å². The molecule has 4 rings (SSSR count). The Balaban J connectivity index is 1.72. The van der Waals surface area contributed by atoms with Gasteiger partial charge in [0.15, 0.2) is 0 Å². The van der Waals surface area contributed by atoms with Gasteiger partial charge in [0.05, 0.1) is 40.9 Å². The van der Waals surface area contributed by atoms with Crippen LogP contribution in [0, 0.1) is 11.8 Å². The molecule has 1 aromatic carbocycles. The summed E-state index contributed by atoms with van der Waals surface area (Å²) in [5.41, 5.74) is -0.826. The van der Waals surface area contributed by atoms with Crippen molar-refractivity contribution in [3.63, 3.8) is 0 Å². The highest BCUT2D eigenvalue weighted by Crippen LogP contribution is 2.57. The molecule has 3 aliphatic rings. The lowest BCUT2D eigenvalue weighted by Gasteiger charge is -2.25. The first-order valence-corrected chi connectivity index (χ1v) is 8.36. The molecule has 1 aromatic rings. The molecule has 0 N–H and O–H groups in total. The van der Waals surface area contributed by atoms with Gasteiger partial charge in [-0.05, 0) is 39.0 Å². The Morgan fingerprint density at radius 1 is 1.16 bits per heavy atom. The molecule has 0 radical (unpaired) electrons. The van der Waals surface area contributed by atoms with Gasteiger partial charge >= 0.3 is 5.97 Å². The smallest absolute Gasteiger partial charge is 0.338 e. The highest BCUT2D eigenvalue weighted by Gasteiger charge is 2.70. The summed E-state index contributed by atoms with van der Waals surface area (Å²) < 4.78 is 11.0. The molecular formula is C19H19NO5. The maximum atomic E-state index is 13.0. The van der Waals surface area contributed by atoms with Crippen LogP contribution in [0.3, 0.4) is 0 Å². The summed E-state index contributed by atoms with van der Waals surface area (Å²) in [6, 6.07) is 6.42. The third kappa shape index (κ3) is 2.03. The Morgan fingerprint density at radius 2 is 1.76 bits per heavy atom. The van der Waals surface area contributed by atoms with Crippen LogP contribution in [0.1, 0.15) is 31.1 Å². The van der Waals surface area contributed by atoms with Crippen LogP contribution in [0.25, 0.3) is 0 Å². The minimum absolute atomic E-state index is 0.258. The Labute approximate surface area is 145 Å². The van der Waals surface area contributed by atoms with Gasteiger partial charge in [-0.15, -0.1) is 0 Å². The number of esters is 1. The van der Waals surface area contributed by atoms with E-state index < -0.39 is 29.0 Å². The third-order valence-electron chi connectivity index (χ3n) is 5.34. The highest BCUT2D eigenvalue weighted by molar-refractivity contribution is 6.23. The average molecular weight is 341 g/mol. The first-order chi connectivity index (χ1) is 11.8. The molecule has 6 heteroatoms. The maximum Gasteiger partial charge on any atom is 0.338 e. The van der Waals surface area contributed by atoms with Crippen molar-refractivity contribution < 1.29 is 23.9 Å². The summed E-state index contributed by atoms with van der Waals surface area (Å²) in [4.78, 5) is 39.2. The summed E-state index contributed by atoms with van der Waals surface area (Å²) in [5.74, 6) is -2.13. The molecule has 4 atom stereocenters. The van der Waals surface area contributed by atoms with Crippen LogP contribution < -0.4 is 4.90 Å². The van der Waals surface area contributed by atoms with E-state index in [-0.39, 0.29) is 18.4 Å². The van der Waals surface area contributed by atoms with Crippen molar-refractivity contribution in [1.82, 2.24) is 0 Å². The van der Waals surface area contributed by atoms with Gasteiger partial charge in [-0.25, -0.2) is 9.69 Å². The lowest BCUT2D eigenvalue weighted by molar-refractivity contribution is -0.128. The molecule has 0 spiro atoms. The van der Waals surface area contributed by atoms with E-state index in [4.69, 9.17) is 9.47 Å². The van der Waals surface area contributed by atoms with Crippen LogP contribution in [-0.4, -0.2) is 35.6 Å². The normalized spacial score (nSPS) is 35.4. The van der Waals surface area contributed by atoms with Gasteiger partial charge in [0, 0.05) is 0 Å². The predicted octanol–water partition coefficient (Wildman–Crippen LogP) is 2.09. The van der Waals surface area contributed by atoms with Crippen molar-refractivity contribution in [3.8, 4) is 0 Å². The van der Waals surface area contributed by atoms with Gasteiger partial charge in [-0.2, -0.15) is 0 Å². The van der Waals surface area contributed by atoms with Gasteiger partial charge in [-0.3, -0.25) is 9.59 Å². The van der Waals surface area contributed by atoms with E-state index in [9.17, 15) is 14.4 Å². The number of anilines is 1. The number of carbonyl (C=O) groups excluding carboxylic acids is 3. The molecule has 0 unspecified atom stereocenters. The maximum absolute atomic E-state index is 13.0. The number of imide groups is 1. The van der Waals surface area contributed by atoms with Crippen molar-refractivity contribution >= 4 is 23.5 Å². The fourth-order valence-electron chi connectivity index (χ4n) is 4.27. The summed E-state index contributed by atoms with van der Waals surface area (Å²) >= 11 is 0. The molecule has 0 aromatic heterocycles. The molecule has 2 amide bonds. The zero-order chi connectivity index (χ0) is 18.0. The zero-order valence-electron chi connectivity index (χ0n) is 14.3. The highest BCUT2D eigenvalue weighted by atomic mass is 16.5. The molecule has 0 saturated carbocycles. The van der Waals surface area contributed by atoms with Crippen LogP contribution >= 0.6 is 0 Å². The fraction of sp³-hybridized carbons (Fsp3) is 0.421. The molecule has 2 bridgehead atoms. The largest absolute Gasteiger partial charge is 0.462 e. The zero-order valence-corrected chi connectivity index (χ0v) is 14.3. The lowest BCUT2D eigenvalue weighted by Crippen LogP contribution is -2.39. The average Bonchev–Trinajstić information content (AvgIpc) is 3.12. The van der Waals surface area contributed by atoms with Gasteiger partial charge in [0.25, 0.3) is 0 Å². The summed E-state index contributed by atoms with van der Waals surface area (Å²) in [6.45, 7) is 5.65. The molecule has 0 aliphatic carbocycles. The van der Waals surface area contributed by atoms with E-state index in [1.807, 2.05) is 26.0 Å². The fourth-order valence-corrected chi connectivity index (χ4v) is 4.27. The van der Waals surface area contributed by atoms with Crippen molar-refractivity contribution in [1.29, 1.82) is 0 Å². The number of nitrogens with zero attached hydrogens (tertiary/aromatic N) is 1. The van der Waals surface area contributed by atoms with E-state index in [0.717, 1.165) is 0 Å². The van der Waals surface area contributed by atoms with Gasteiger partial charge in [0.2, 0.25) is 11.8 Å². The Morgan fingerprint density at radius 3 is 2.32 bits per heavy atom. The summed E-state index contributed by atoms with van der Waals surface area (Å²) in [5, 5.41) is 0. The van der Waals surface area contributed by atoms with Crippen LogP contribution in [0.4, 0.5) is 5.69 Å². The third-order valence-corrected chi connectivity index (χ3v) is 5.34. The number of amides is 2. The van der Waals surface area contributed by atoms with Crippen molar-refractivity contribution in [3.05, 3.63) is 42.0 Å². The first-order valence-electron chi connectivity index (χ1n) is 8.36. The van der Waals surface area contributed by atoms with Crippen LogP contribution in [0.2, 0.25) is 0 Å². The van der Waals surface area contributed by atoms with E-state index in [1.54, 1.807) is 25.1 Å². The van der Waals surface area contributed by atoms with E-state index in [2.05, 4.69) is 0 Å². The molecular weight excluding hydrogens is 322 g/mol. The monoisotopic (exact) mass is 341 g/mol. The number of hydrogen-bond donors (Lipinski definition) is 0. The van der Waals surface area contributed by atoms with Gasteiger partial charge < -0.3 is 9.47 Å². The van der Waals surface area contributed by atoms with Crippen LogP contribution in [0.15, 0.2) is 36.4 Å². The molecule has 25 heavy (non-hydrogen) atoms. The second-order valence-corrected chi connectivity index (χ2v) is 7.04. The molecule has 6 nitrogen and oxygen atoms in total. The molecule has 3 aliphatic heterocycles. The summed E-state index contributed by atoms with van der Waals surface area (Å²) in [6.07, 6.45) is 3.75. The van der Waals surface area contributed by atoms with Gasteiger partial charge in [-0.1, -0.05) is 18.2 Å². The minimum atomic E-state index is -0.764. The number of fused-ring (bicyclic) bond motifs is 5. The van der Waals surface area contributed by atoms with Crippen molar-refractivity contribution in [2.45, 2.75) is 32.0 Å².